The van der Waals surface area contributed by atoms with Crippen molar-refractivity contribution < 1.29 is 12.8 Å². The molecule has 0 bridgehead atoms. The van der Waals surface area contributed by atoms with Crippen LogP contribution >= 0.6 is 0 Å². The van der Waals surface area contributed by atoms with Gasteiger partial charge in [0.1, 0.15) is 16.9 Å². The molecule has 5 aromatic heterocycles. The topological polar surface area (TPSA) is 145 Å². The molecule has 0 aliphatic heterocycles. The van der Waals surface area contributed by atoms with E-state index in [1.165, 1.54) is 12.1 Å². The highest BCUT2D eigenvalue weighted by Gasteiger charge is 2.18. The number of halogens is 1. The van der Waals surface area contributed by atoms with Crippen LogP contribution in [0.2, 0.25) is 0 Å². The third-order valence-electron chi connectivity index (χ3n) is 6.34. The van der Waals surface area contributed by atoms with Gasteiger partial charge in [-0.25, -0.2) is 27.5 Å². The van der Waals surface area contributed by atoms with E-state index in [0.717, 1.165) is 28.7 Å². The van der Waals surface area contributed by atoms with Gasteiger partial charge in [0.25, 0.3) is 0 Å². The summed E-state index contributed by atoms with van der Waals surface area (Å²) in [5.41, 5.74) is 7.00. The number of imidazole rings is 1. The maximum Gasteiger partial charge on any atom is 0.209 e. The molecule has 40 heavy (non-hydrogen) atoms. The summed E-state index contributed by atoms with van der Waals surface area (Å²) in [6.07, 6.45) is 6.20. The van der Waals surface area contributed by atoms with Crippen LogP contribution in [0, 0.1) is 5.82 Å². The van der Waals surface area contributed by atoms with Crippen LogP contribution in [0.1, 0.15) is 5.56 Å². The minimum Gasteiger partial charge on any atom is -0.376 e. The van der Waals surface area contributed by atoms with E-state index in [1.807, 2.05) is 37.2 Å². The van der Waals surface area contributed by atoms with Crippen LogP contribution in [-0.2, 0) is 16.6 Å². The van der Waals surface area contributed by atoms with Crippen molar-refractivity contribution in [3.8, 4) is 34.0 Å². The summed E-state index contributed by atoms with van der Waals surface area (Å²) < 4.78 is 39.9. The van der Waals surface area contributed by atoms with E-state index in [1.54, 1.807) is 30.7 Å². The van der Waals surface area contributed by atoms with Crippen molar-refractivity contribution in [2.45, 2.75) is 6.54 Å². The smallest absolute Gasteiger partial charge is 0.209 e. The highest BCUT2D eigenvalue weighted by atomic mass is 32.2. The quantitative estimate of drug-likeness (QED) is 0.268. The second-order valence-corrected chi connectivity index (χ2v) is 11.4. The van der Waals surface area contributed by atoms with Crippen LogP contribution in [0.4, 0.5) is 10.1 Å². The van der Waals surface area contributed by atoms with Gasteiger partial charge in [-0.3, -0.25) is 15.1 Å². The number of hydrogen-bond acceptors (Lipinski definition) is 8. The van der Waals surface area contributed by atoms with E-state index in [2.05, 4.69) is 29.9 Å². The van der Waals surface area contributed by atoms with E-state index in [-0.39, 0.29) is 6.54 Å². The first kappa shape index (κ1) is 25.5. The molecule has 1 aromatic carbocycles. The van der Waals surface area contributed by atoms with E-state index in [0.29, 0.717) is 44.9 Å². The van der Waals surface area contributed by atoms with Gasteiger partial charge in [-0.15, -0.1) is 0 Å². The number of fused-ring (bicyclic) bond motifs is 2. The summed E-state index contributed by atoms with van der Waals surface area (Å²) in [4.78, 5) is 23.7. The van der Waals surface area contributed by atoms with Crippen molar-refractivity contribution in [2.75, 3.05) is 25.3 Å². The number of sulfonamides is 1. The number of H-pyrrole nitrogens is 2. The Morgan fingerprint density at radius 2 is 1.77 bits per heavy atom. The fraction of sp³-hybridized carbons (Fsp3) is 0.148. The molecule has 0 fully saturated rings. The zero-order chi connectivity index (χ0) is 28.0. The monoisotopic (exact) mass is 557 g/mol. The van der Waals surface area contributed by atoms with Crippen LogP contribution in [0.3, 0.4) is 0 Å². The van der Waals surface area contributed by atoms with Gasteiger partial charge in [-0.1, -0.05) is 0 Å². The van der Waals surface area contributed by atoms with Crippen molar-refractivity contribution in [3.05, 3.63) is 72.4 Å². The highest BCUT2D eigenvalue weighted by molar-refractivity contribution is 7.88. The Labute approximate surface area is 228 Å². The first-order valence-electron chi connectivity index (χ1n) is 12.2. The number of nitrogens with one attached hydrogen (secondary N) is 3. The number of rotatable bonds is 7. The molecule has 0 radical (unpaired) electrons. The third-order valence-corrected chi connectivity index (χ3v) is 7.01. The number of nitrogens with zero attached hydrogens (tertiary/aromatic N) is 6. The van der Waals surface area contributed by atoms with Crippen LogP contribution in [0.25, 0.3) is 56.1 Å². The first-order valence-corrected chi connectivity index (χ1v) is 14.1. The molecular weight excluding hydrogens is 533 g/mol. The number of pyridine rings is 3. The maximum absolute atomic E-state index is 14.5. The minimum absolute atomic E-state index is 0.0500. The number of hydrogen-bond donors (Lipinski definition) is 3. The molecule has 11 nitrogen and oxygen atoms in total. The predicted octanol–water partition coefficient (Wildman–Crippen LogP) is 3.88. The standard InChI is InChI=1S/C27H24FN9O2S/c1-37(2)19-11-17(13-29-14-19)20-4-5-22-25(32-20)26(36-35-22)27-33-21-6-7-30-23(24(21)34-27)16-8-15(9-18(28)10-16)12-31-40(3,38)39/h4-11,13-14,31H,12H2,1-3H3,(H,33,34)(H,35,36). The van der Waals surface area contributed by atoms with Crippen molar-refractivity contribution in [3.63, 3.8) is 0 Å². The Bertz CT molecular complexity index is 2000. The Hall–Kier alpha value is -4.75. The summed E-state index contributed by atoms with van der Waals surface area (Å²) in [6.45, 7) is -0.0500. The van der Waals surface area contributed by atoms with Gasteiger partial charge in [0.15, 0.2) is 11.5 Å². The van der Waals surface area contributed by atoms with Crippen molar-refractivity contribution in [1.82, 2.24) is 39.8 Å². The molecule has 13 heteroatoms. The second-order valence-electron chi connectivity index (χ2n) is 9.57. The number of aromatic nitrogens is 7. The molecule has 0 spiro atoms. The van der Waals surface area contributed by atoms with Crippen molar-refractivity contribution >= 4 is 37.8 Å². The summed E-state index contributed by atoms with van der Waals surface area (Å²) in [5.74, 6) is -0.0455. The van der Waals surface area contributed by atoms with E-state index in [9.17, 15) is 12.8 Å². The van der Waals surface area contributed by atoms with Gasteiger partial charge in [0.2, 0.25) is 10.0 Å². The zero-order valence-electron chi connectivity index (χ0n) is 21.8. The SMILES string of the molecule is CN(C)c1cncc(-c2ccc3[nH]nc(-c4nc5c(-c6cc(F)cc(CNS(C)(=O)=O)c6)nccc5[nH]4)c3n2)c1. The molecule has 6 rings (SSSR count). The van der Waals surface area contributed by atoms with Gasteiger partial charge < -0.3 is 9.88 Å². The Morgan fingerprint density at radius 3 is 2.58 bits per heavy atom. The molecule has 6 aromatic rings. The van der Waals surface area contributed by atoms with Crippen LogP contribution in [-0.4, -0.2) is 63.9 Å². The molecule has 5 heterocycles. The van der Waals surface area contributed by atoms with Crippen molar-refractivity contribution in [2.24, 2.45) is 0 Å². The van der Waals surface area contributed by atoms with Gasteiger partial charge in [0.05, 0.1) is 40.6 Å². The van der Waals surface area contributed by atoms with Gasteiger partial charge in [-0.2, -0.15) is 5.10 Å². The molecule has 0 amide bonds. The minimum atomic E-state index is -3.44. The van der Waals surface area contributed by atoms with E-state index < -0.39 is 15.8 Å². The molecule has 0 saturated heterocycles. The lowest BCUT2D eigenvalue weighted by Crippen LogP contribution is -2.21. The lowest BCUT2D eigenvalue weighted by Gasteiger charge is -2.12. The van der Waals surface area contributed by atoms with Crippen LogP contribution < -0.4 is 9.62 Å². The second kappa shape index (κ2) is 9.77. The zero-order valence-corrected chi connectivity index (χ0v) is 22.6. The third kappa shape index (κ3) is 4.99. The van der Waals surface area contributed by atoms with Crippen LogP contribution in [0.15, 0.2) is 61.1 Å². The maximum atomic E-state index is 14.5. The summed E-state index contributed by atoms with van der Waals surface area (Å²) in [5, 5.41) is 7.48. The molecule has 202 valence electrons. The average Bonchev–Trinajstić information content (AvgIpc) is 3.55. The highest BCUT2D eigenvalue weighted by Crippen LogP contribution is 2.31. The molecule has 3 N–H and O–H groups in total. The Kier molecular flexibility index (Phi) is 6.24. The average molecular weight is 558 g/mol. The summed E-state index contributed by atoms with van der Waals surface area (Å²) in [7, 11) is 0.463. The fourth-order valence-electron chi connectivity index (χ4n) is 4.40. The molecule has 0 saturated carbocycles. The fourth-order valence-corrected chi connectivity index (χ4v) is 4.83. The number of benzene rings is 1. The van der Waals surface area contributed by atoms with Gasteiger partial charge >= 0.3 is 0 Å². The van der Waals surface area contributed by atoms with Gasteiger partial charge in [0, 0.05) is 44.2 Å². The van der Waals surface area contributed by atoms with Crippen molar-refractivity contribution in [1.29, 1.82) is 0 Å². The molecule has 0 unspecified atom stereocenters. The summed E-state index contributed by atoms with van der Waals surface area (Å²) in [6, 6.07) is 11.9. The van der Waals surface area contributed by atoms with Crippen LogP contribution in [0.5, 0.6) is 0 Å². The number of aromatic amines is 2. The molecule has 0 atom stereocenters. The predicted molar refractivity (Wildman–Crippen MR) is 151 cm³/mol. The Balaban J connectivity index is 1.42. The first-order chi connectivity index (χ1) is 19.1. The number of anilines is 1. The van der Waals surface area contributed by atoms with Gasteiger partial charge in [-0.05, 0) is 48.0 Å². The summed E-state index contributed by atoms with van der Waals surface area (Å²) >= 11 is 0. The molecule has 0 aliphatic carbocycles. The van der Waals surface area contributed by atoms with E-state index in [4.69, 9.17) is 9.97 Å². The largest absolute Gasteiger partial charge is 0.376 e. The molecule has 0 aliphatic rings. The lowest BCUT2D eigenvalue weighted by atomic mass is 10.1. The lowest BCUT2D eigenvalue weighted by molar-refractivity contribution is 0.586. The normalized spacial score (nSPS) is 11.9. The molecular formula is C27H24FN9O2S. The Morgan fingerprint density at radius 1 is 0.950 bits per heavy atom. The van der Waals surface area contributed by atoms with E-state index >= 15 is 0 Å².